The summed E-state index contributed by atoms with van der Waals surface area (Å²) in [5.74, 6) is 0. The Morgan fingerprint density at radius 2 is 1.26 bits per heavy atom. The lowest BCUT2D eigenvalue weighted by Gasteiger charge is -2.33. The van der Waals surface area contributed by atoms with Gasteiger partial charge in [0.15, 0.2) is 0 Å². The number of aromatic nitrogens is 1. The normalized spacial score (nSPS) is 15.7. The lowest BCUT2D eigenvalue weighted by atomic mass is 9.83. The second-order valence-electron chi connectivity index (χ2n) is 12.2. The zero-order valence-corrected chi connectivity index (χ0v) is 25.3. The molecule has 0 radical (unpaired) electrons. The maximum atomic E-state index is 5.51. The van der Waals surface area contributed by atoms with E-state index < -0.39 is 0 Å². The zero-order valence-electron chi connectivity index (χ0n) is 25.3. The van der Waals surface area contributed by atoms with Gasteiger partial charge in [-0.25, -0.2) is 0 Å². The SMILES string of the molecule is c1ccc(C2=NC(c3cc(-c4cccnc4)cc(-c4c5ccccc5cc5ccccc45)c3)NC3=C2CCc2ccccc23)cc1. The molecule has 0 saturated heterocycles. The standard InChI is InChI=1S/C43H31N3/c1-2-12-29(13-3-1)41-39-21-20-28-11-4-9-19-38(28)42(39)46-43(45-41)35-25-33(32-16-10-22-44-27-32)24-34(26-35)40-36-17-7-5-14-30(36)23-31-15-6-8-18-37(31)40/h1-19,22-27,43,46H,20-21H2. The van der Waals surface area contributed by atoms with Crippen molar-refractivity contribution in [1.29, 1.82) is 0 Å². The molecule has 3 heteroatoms. The first-order valence-corrected chi connectivity index (χ1v) is 16.0. The van der Waals surface area contributed by atoms with Crippen LogP contribution < -0.4 is 5.32 Å². The van der Waals surface area contributed by atoms with E-state index in [1.165, 1.54) is 55.1 Å². The van der Waals surface area contributed by atoms with Crippen LogP contribution >= 0.6 is 0 Å². The van der Waals surface area contributed by atoms with Crippen molar-refractivity contribution in [1.82, 2.24) is 10.3 Å². The molecule has 3 nitrogen and oxygen atoms in total. The van der Waals surface area contributed by atoms with Crippen LogP contribution in [0, 0.1) is 0 Å². The number of benzene rings is 6. The molecular formula is C43H31N3. The summed E-state index contributed by atoms with van der Waals surface area (Å²) < 4.78 is 0. The zero-order chi connectivity index (χ0) is 30.5. The van der Waals surface area contributed by atoms with Crippen LogP contribution in [0.4, 0.5) is 0 Å². The van der Waals surface area contributed by atoms with E-state index in [0.717, 1.165) is 40.8 Å². The molecule has 1 atom stereocenters. The van der Waals surface area contributed by atoms with E-state index in [1.807, 2.05) is 18.5 Å². The molecule has 1 aliphatic carbocycles. The maximum absolute atomic E-state index is 5.51. The van der Waals surface area contributed by atoms with Crippen molar-refractivity contribution in [2.45, 2.75) is 19.0 Å². The van der Waals surface area contributed by atoms with Gasteiger partial charge in [-0.1, -0.05) is 109 Å². The molecule has 6 aromatic carbocycles. The minimum Gasteiger partial charge on any atom is -0.359 e. The number of allylic oxidation sites excluding steroid dienone is 1. The fraction of sp³-hybridized carbons (Fsp3) is 0.0698. The molecule has 46 heavy (non-hydrogen) atoms. The predicted octanol–water partition coefficient (Wildman–Crippen LogP) is 10.2. The van der Waals surface area contributed by atoms with E-state index in [0.29, 0.717) is 0 Å². The highest BCUT2D eigenvalue weighted by Crippen LogP contribution is 2.42. The van der Waals surface area contributed by atoms with Gasteiger partial charge in [0.1, 0.15) is 6.17 Å². The number of nitrogens with one attached hydrogen (secondary N) is 1. The molecule has 9 rings (SSSR count). The van der Waals surface area contributed by atoms with E-state index in [9.17, 15) is 0 Å². The van der Waals surface area contributed by atoms with Gasteiger partial charge >= 0.3 is 0 Å². The molecule has 0 bridgehead atoms. The van der Waals surface area contributed by atoms with Crippen LogP contribution in [0.25, 0.3) is 49.5 Å². The Bertz CT molecular complexity index is 2280. The van der Waals surface area contributed by atoms with Gasteiger partial charge in [-0.2, -0.15) is 0 Å². The Balaban J connectivity index is 1.30. The van der Waals surface area contributed by atoms with Gasteiger partial charge in [-0.3, -0.25) is 9.98 Å². The largest absolute Gasteiger partial charge is 0.359 e. The predicted molar refractivity (Wildman–Crippen MR) is 191 cm³/mol. The first-order valence-electron chi connectivity index (χ1n) is 16.0. The average molecular weight is 590 g/mol. The topological polar surface area (TPSA) is 37.3 Å². The Morgan fingerprint density at radius 3 is 2.04 bits per heavy atom. The highest BCUT2D eigenvalue weighted by Gasteiger charge is 2.30. The Labute approximate surface area is 268 Å². The average Bonchev–Trinajstić information content (AvgIpc) is 3.13. The third kappa shape index (κ3) is 4.52. The first-order chi connectivity index (χ1) is 22.8. The van der Waals surface area contributed by atoms with Gasteiger partial charge < -0.3 is 5.32 Å². The number of hydrogen-bond acceptors (Lipinski definition) is 3. The quantitative estimate of drug-likeness (QED) is 0.207. The van der Waals surface area contributed by atoms with Crippen LogP contribution in [0.3, 0.4) is 0 Å². The van der Waals surface area contributed by atoms with E-state index in [2.05, 4.69) is 144 Å². The molecule has 1 unspecified atom stereocenters. The van der Waals surface area contributed by atoms with Crippen molar-refractivity contribution in [3.8, 4) is 22.3 Å². The second-order valence-corrected chi connectivity index (χ2v) is 12.2. The van der Waals surface area contributed by atoms with Gasteiger partial charge in [0.25, 0.3) is 0 Å². The molecule has 1 aromatic heterocycles. The molecule has 0 amide bonds. The van der Waals surface area contributed by atoms with Crippen molar-refractivity contribution in [2.24, 2.45) is 4.99 Å². The second kappa shape index (κ2) is 11.0. The summed E-state index contributed by atoms with van der Waals surface area (Å²) in [5.41, 5.74) is 13.1. The van der Waals surface area contributed by atoms with Crippen LogP contribution in [-0.4, -0.2) is 10.7 Å². The highest BCUT2D eigenvalue weighted by molar-refractivity contribution is 6.18. The van der Waals surface area contributed by atoms with E-state index >= 15 is 0 Å². The fourth-order valence-corrected chi connectivity index (χ4v) is 7.29. The number of fused-ring (bicyclic) bond motifs is 4. The molecule has 2 aliphatic rings. The number of pyridine rings is 1. The summed E-state index contributed by atoms with van der Waals surface area (Å²) >= 11 is 0. The van der Waals surface area contributed by atoms with Crippen LogP contribution in [0.5, 0.6) is 0 Å². The van der Waals surface area contributed by atoms with Crippen molar-refractivity contribution in [2.75, 3.05) is 0 Å². The third-order valence-corrected chi connectivity index (χ3v) is 9.43. The Kier molecular flexibility index (Phi) is 6.34. The van der Waals surface area contributed by atoms with Gasteiger partial charge in [0.05, 0.1) is 5.71 Å². The van der Waals surface area contributed by atoms with E-state index in [-0.39, 0.29) is 6.17 Å². The molecule has 1 aliphatic heterocycles. The number of rotatable bonds is 4. The molecule has 218 valence electrons. The summed E-state index contributed by atoms with van der Waals surface area (Å²) in [6, 6.07) is 50.3. The number of aliphatic imine (C=N–C) groups is 1. The van der Waals surface area contributed by atoms with Gasteiger partial charge in [-0.05, 0) is 92.5 Å². The lowest BCUT2D eigenvalue weighted by Crippen LogP contribution is -2.30. The lowest BCUT2D eigenvalue weighted by molar-refractivity contribution is 0.651. The number of aryl methyl sites for hydroxylation is 1. The van der Waals surface area contributed by atoms with Crippen molar-refractivity contribution >= 4 is 33.0 Å². The highest BCUT2D eigenvalue weighted by atomic mass is 15.1. The van der Waals surface area contributed by atoms with Crippen molar-refractivity contribution < 1.29 is 0 Å². The summed E-state index contributed by atoms with van der Waals surface area (Å²) in [7, 11) is 0. The van der Waals surface area contributed by atoms with E-state index in [1.54, 1.807) is 0 Å². The molecule has 0 saturated carbocycles. The molecular weight excluding hydrogens is 558 g/mol. The molecule has 0 fully saturated rings. The minimum atomic E-state index is -0.267. The molecule has 7 aromatic rings. The molecule has 2 heterocycles. The van der Waals surface area contributed by atoms with Gasteiger partial charge in [0, 0.05) is 40.4 Å². The summed E-state index contributed by atoms with van der Waals surface area (Å²) in [6.45, 7) is 0. The van der Waals surface area contributed by atoms with E-state index in [4.69, 9.17) is 4.99 Å². The molecule has 0 spiro atoms. The van der Waals surface area contributed by atoms with Gasteiger partial charge in [-0.15, -0.1) is 0 Å². The van der Waals surface area contributed by atoms with Crippen LogP contribution in [0.2, 0.25) is 0 Å². The fourth-order valence-electron chi connectivity index (χ4n) is 7.29. The monoisotopic (exact) mass is 589 g/mol. The smallest absolute Gasteiger partial charge is 0.145 e. The number of nitrogens with zero attached hydrogens (tertiary/aromatic N) is 2. The Hall–Kier alpha value is -5.80. The summed E-state index contributed by atoms with van der Waals surface area (Å²) in [6.07, 6.45) is 5.50. The van der Waals surface area contributed by atoms with Crippen LogP contribution in [-0.2, 0) is 6.42 Å². The minimum absolute atomic E-state index is 0.267. The summed E-state index contributed by atoms with van der Waals surface area (Å²) in [4.78, 5) is 9.99. The summed E-state index contributed by atoms with van der Waals surface area (Å²) in [5, 5.41) is 8.89. The van der Waals surface area contributed by atoms with Crippen molar-refractivity contribution in [3.05, 3.63) is 180 Å². The third-order valence-electron chi connectivity index (χ3n) is 9.43. The molecule has 1 N–H and O–H groups in total. The first kappa shape index (κ1) is 26.6. The maximum Gasteiger partial charge on any atom is 0.145 e. The van der Waals surface area contributed by atoms with Gasteiger partial charge in [0.2, 0.25) is 0 Å². The number of hydrogen-bond donors (Lipinski definition) is 1. The Morgan fingerprint density at radius 1 is 0.565 bits per heavy atom. The van der Waals surface area contributed by atoms with Crippen molar-refractivity contribution in [3.63, 3.8) is 0 Å². The van der Waals surface area contributed by atoms with Crippen LogP contribution in [0.15, 0.2) is 162 Å². The van der Waals surface area contributed by atoms with Crippen LogP contribution in [0.1, 0.15) is 34.8 Å².